The van der Waals surface area contributed by atoms with E-state index in [0.29, 0.717) is 39.7 Å². The molecule has 38 heavy (non-hydrogen) atoms. The predicted molar refractivity (Wildman–Crippen MR) is 143 cm³/mol. The number of hydrogen-bond acceptors (Lipinski definition) is 6. The quantitative estimate of drug-likeness (QED) is 0.280. The molecule has 9 nitrogen and oxygen atoms in total. The number of carbonyl (C=O) groups excluding carboxylic acids is 1. The minimum atomic E-state index is -0.532. The molecule has 5 aromatic heterocycles. The number of imidazole rings is 1. The Balaban J connectivity index is 1.40. The van der Waals surface area contributed by atoms with Gasteiger partial charge in [-0.25, -0.2) is 9.37 Å². The summed E-state index contributed by atoms with van der Waals surface area (Å²) in [5, 5.41) is 11.2. The third-order valence-electron chi connectivity index (χ3n) is 6.14. The zero-order valence-electron chi connectivity index (χ0n) is 20.9. The van der Waals surface area contributed by atoms with E-state index in [1.807, 2.05) is 39.0 Å². The lowest BCUT2D eigenvalue weighted by Gasteiger charge is -2.17. The van der Waals surface area contributed by atoms with Gasteiger partial charge in [-0.3, -0.25) is 24.8 Å². The number of aromatic amines is 2. The van der Waals surface area contributed by atoms with Crippen LogP contribution < -0.4 is 5.32 Å². The third-order valence-corrected chi connectivity index (χ3v) is 6.14. The van der Waals surface area contributed by atoms with Crippen molar-refractivity contribution in [1.82, 2.24) is 35.1 Å². The fourth-order valence-electron chi connectivity index (χ4n) is 4.12. The Kier molecular flexibility index (Phi) is 5.45. The Labute approximate surface area is 216 Å². The first-order valence-corrected chi connectivity index (χ1v) is 12.0. The highest BCUT2D eigenvalue weighted by Gasteiger charge is 2.22. The van der Waals surface area contributed by atoms with Gasteiger partial charge in [0.15, 0.2) is 5.82 Å². The number of fused-ring (bicyclic) bond motifs is 2. The molecular weight excluding hydrogens is 483 g/mol. The number of nitrogens with one attached hydrogen (secondary N) is 3. The second-order valence-electron chi connectivity index (χ2n) is 10.0. The monoisotopic (exact) mass is 506 g/mol. The molecule has 0 unspecified atom stereocenters. The van der Waals surface area contributed by atoms with Gasteiger partial charge in [0.2, 0.25) is 5.91 Å². The summed E-state index contributed by atoms with van der Waals surface area (Å²) in [6.07, 6.45) is 6.66. The van der Waals surface area contributed by atoms with Crippen molar-refractivity contribution >= 4 is 33.5 Å². The lowest BCUT2D eigenvalue weighted by molar-refractivity contribution is -0.123. The summed E-state index contributed by atoms with van der Waals surface area (Å²) in [7, 11) is 0. The van der Waals surface area contributed by atoms with Crippen LogP contribution in [0.15, 0.2) is 67.3 Å². The number of anilines is 1. The number of pyridine rings is 3. The average Bonchev–Trinajstić information content (AvgIpc) is 3.52. The minimum Gasteiger partial charge on any atom is -0.336 e. The van der Waals surface area contributed by atoms with Gasteiger partial charge in [0, 0.05) is 34.3 Å². The standard InChI is InChI=1S/C28H23FN8O/c1-28(2,3)27(38)33-18-10-16(12-30-13-18)21-11-19-22(14-32-21)36-37-24(19)26-34-20-7-8-31-23(25(20)35-26)15-5-4-6-17(29)9-15/h4-14H,1-3H3,(H,33,38)(H,34,35)(H,36,37). The maximum absolute atomic E-state index is 13.9. The molecule has 0 bridgehead atoms. The number of halogens is 1. The van der Waals surface area contributed by atoms with Gasteiger partial charge >= 0.3 is 0 Å². The van der Waals surface area contributed by atoms with E-state index in [2.05, 4.69) is 35.5 Å². The van der Waals surface area contributed by atoms with Crippen LogP contribution in [0.2, 0.25) is 0 Å². The molecule has 10 heteroatoms. The van der Waals surface area contributed by atoms with Crippen molar-refractivity contribution in [2.45, 2.75) is 20.8 Å². The van der Waals surface area contributed by atoms with Crippen LogP contribution in [0, 0.1) is 11.2 Å². The highest BCUT2D eigenvalue weighted by atomic mass is 19.1. The zero-order chi connectivity index (χ0) is 26.4. The molecule has 0 aliphatic heterocycles. The third kappa shape index (κ3) is 4.26. The van der Waals surface area contributed by atoms with Gasteiger partial charge in [-0.2, -0.15) is 5.10 Å². The lowest BCUT2D eigenvalue weighted by Crippen LogP contribution is -2.27. The van der Waals surface area contributed by atoms with E-state index in [1.165, 1.54) is 12.1 Å². The van der Waals surface area contributed by atoms with E-state index in [9.17, 15) is 9.18 Å². The number of aromatic nitrogens is 7. The number of hydrogen-bond donors (Lipinski definition) is 3. The minimum absolute atomic E-state index is 0.103. The van der Waals surface area contributed by atoms with Crippen molar-refractivity contribution in [3.05, 3.63) is 73.1 Å². The number of nitrogens with zero attached hydrogens (tertiary/aromatic N) is 5. The van der Waals surface area contributed by atoms with Gasteiger partial charge in [0.25, 0.3) is 0 Å². The second kappa shape index (κ2) is 8.84. The summed E-state index contributed by atoms with van der Waals surface area (Å²) in [5.41, 5.74) is 5.39. The van der Waals surface area contributed by atoms with Gasteiger partial charge in [0.1, 0.15) is 17.0 Å². The van der Waals surface area contributed by atoms with Gasteiger partial charge in [-0.1, -0.05) is 32.9 Å². The number of benzene rings is 1. The van der Waals surface area contributed by atoms with Crippen LogP contribution in [0.1, 0.15) is 20.8 Å². The SMILES string of the molecule is CC(C)(C)C(=O)Nc1cncc(-c2cc3c(-c4nc5c(-c6cccc(F)c6)nccc5[nH]4)n[nH]c3cn2)c1. The summed E-state index contributed by atoms with van der Waals surface area (Å²) in [5.74, 6) is 0.0965. The molecule has 1 amide bonds. The Morgan fingerprint density at radius 1 is 0.947 bits per heavy atom. The van der Waals surface area contributed by atoms with Crippen LogP contribution in [-0.2, 0) is 4.79 Å². The number of rotatable bonds is 4. The van der Waals surface area contributed by atoms with Gasteiger partial charge in [-0.15, -0.1) is 0 Å². The van der Waals surface area contributed by atoms with Crippen LogP contribution in [0.3, 0.4) is 0 Å². The topological polar surface area (TPSA) is 125 Å². The summed E-state index contributed by atoms with van der Waals surface area (Å²) >= 11 is 0. The summed E-state index contributed by atoms with van der Waals surface area (Å²) in [4.78, 5) is 33.8. The molecule has 0 aliphatic carbocycles. The van der Waals surface area contributed by atoms with Gasteiger partial charge < -0.3 is 10.3 Å². The molecule has 0 spiro atoms. The predicted octanol–water partition coefficient (Wildman–Crippen LogP) is 5.75. The summed E-state index contributed by atoms with van der Waals surface area (Å²) in [6.45, 7) is 5.56. The number of carbonyl (C=O) groups is 1. The van der Waals surface area contributed by atoms with Crippen LogP contribution >= 0.6 is 0 Å². The molecular formula is C28H23FN8O. The molecule has 1 aromatic carbocycles. The molecule has 0 aliphatic rings. The maximum Gasteiger partial charge on any atom is 0.229 e. The van der Waals surface area contributed by atoms with E-state index in [0.717, 1.165) is 22.0 Å². The normalized spacial score (nSPS) is 11.8. The molecule has 0 radical (unpaired) electrons. The number of amides is 1. The number of H-pyrrole nitrogens is 2. The van der Waals surface area contributed by atoms with Crippen molar-refractivity contribution in [1.29, 1.82) is 0 Å². The van der Waals surface area contributed by atoms with Gasteiger partial charge in [0.05, 0.1) is 40.5 Å². The molecule has 5 heterocycles. The molecule has 0 atom stereocenters. The highest BCUT2D eigenvalue weighted by Crippen LogP contribution is 2.32. The first kappa shape index (κ1) is 23.4. The van der Waals surface area contributed by atoms with Crippen LogP contribution in [-0.4, -0.2) is 41.0 Å². The molecule has 6 rings (SSSR count). The highest BCUT2D eigenvalue weighted by molar-refractivity contribution is 5.97. The van der Waals surface area contributed by atoms with Crippen LogP contribution in [0.4, 0.5) is 10.1 Å². The Morgan fingerprint density at radius 2 is 1.82 bits per heavy atom. The first-order valence-electron chi connectivity index (χ1n) is 12.0. The second-order valence-corrected chi connectivity index (χ2v) is 10.0. The summed E-state index contributed by atoms with van der Waals surface area (Å²) < 4.78 is 13.9. The molecule has 3 N–H and O–H groups in total. The summed E-state index contributed by atoms with van der Waals surface area (Å²) in [6, 6.07) is 11.8. The Hall–Kier alpha value is -4.99. The van der Waals surface area contributed by atoms with E-state index in [1.54, 1.807) is 36.9 Å². The Morgan fingerprint density at radius 3 is 2.63 bits per heavy atom. The molecule has 188 valence electrons. The van der Waals surface area contributed by atoms with Crippen molar-refractivity contribution in [2.24, 2.45) is 5.41 Å². The molecule has 0 fully saturated rings. The molecule has 6 aromatic rings. The fraction of sp³-hybridized carbons (Fsp3) is 0.143. The fourth-order valence-corrected chi connectivity index (χ4v) is 4.12. The van der Waals surface area contributed by atoms with Crippen molar-refractivity contribution in [3.63, 3.8) is 0 Å². The smallest absolute Gasteiger partial charge is 0.229 e. The maximum atomic E-state index is 13.9. The van der Waals surface area contributed by atoms with Crippen molar-refractivity contribution in [2.75, 3.05) is 5.32 Å². The van der Waals surface area contributed by atoms with E-state index >= 15 is 0 Å². The Bertz CT molecular complexity index is 1830. The van der Waals surface area contributed by atoms with Gasteiger partial charge in [-0.05, 0) is 30.3 Å². The van der Waals surface area contributed by atoms with Crippen molar-refractivity contribution in [3.8, 4) is 34.0 Å². The largest absolute Gasteiger partial charge is 0.336 e. The first-order chi connectivity index (χ1) is 18.3. The van der Waals surface area contributed by atoms with Crippen LogP contribution in [0.25, 0.3) is 56.0 Å². The average molecular weight is 507 g/mol. The van der Waals surface area contributed by atoms with Crippen LogP contribution in [0.5, 0.6) is 0 Å². The molecule has 0 saturated carbocycles. The zero-order valence-corrected chi connectivity index (χ0v) is 20.9. The van der Waals surface area contributed by atoms with E-state index < -0.39 is 5.41 Å². The van der Waals surface area contributed by atoms with Crippen molar-refractivity contribution < 1.29 is 9.18 Å². The lowest BCUT2D eigenvalue weighted by atomic mass is 9.95. The van der Waals surface area contributed by atoms with E-state index in [-0.39, 0.29) is 11.7 Å². The van der Waals surface area contributed by atoms with E-state index in [4.69, 9.17) is 4.98 Å². The molecule has 0 saturated heterocycles.